The number of alkyl halides is 3. The van der Waals surface area contributed by atoms with Gasteiger partial charge in [-0.3, -0.25) is 14.6 Å². The third-order valence-corrected chi connectivity index (χ3v) is 4.08. The Bertz CT molecular complexity index is 537. The van der Waals surface area contributed by atoms with Gasteiger partial charge in [-0.2, -0.15) is 18.2 Å². The molecule has 0 aromatic carbocycles. The summed E-state index contributed by atoms with van der Waals surface area (Å²) in [6.45, 7) is 5.58. The SMILES string of the molecule is CC(C(=O)C(F)(F)F)c1nc(C2CN3CCN2CC3)no1. The second-order valence-electron chi connectivity index (χ2n) is 5.43. The van der Waals surface area contributed by atoms with Crippen molar-refractivity contribution in [3.05, 3.63) is 11.7 Å². The molecule has 21 heavy (non-hydrogen) atoms. The molecule has 3 fully saturated rings. The minimum Gasteiger partial charge on any atom is -0.339 e. The number of ketones is 1. The largest absolute Gasteiger partial charge is 0.450 e. The molecule has 0 amide bonds. The number of carbonyl (C=O) groups is 1. The maximum Gasteiger partial charge on any atom is 0.450 e. The lowest BCUT2D eigenvalue weighted by Crippen LogP contribution is -2.57. The Balaban J connectivity index is 1.76. The van der Waals surface area contributed by atoms with Gasteiger partial charge in [-0.25, -0.2) is 0 Å². The topological polar surface area (TPSA) is 62.5 Å². The van der Waals surface area contributed by atoms with Crippen LogP contribution in [0, 0.1) is 0 Å². The van der Waals surface area contributed by atoms with Crippen molar-refractivity contribution in [3.8, 4) is 0 Å². The van der Waals surface area contributed by atoms with Crippen LogP contribution in [0.3, 0.4) is 0 Å². The molecule has 9 heteroatoms. The van der Waals surface area contributed by atoms with Gasteiger partial charge in [-0.1, -0.05) is 5.16 Å². The minimum absolute atomic E-state index is 0.0711. The molecule has 0 aliphatic carbocycles. The number of carbonyl (C=O) groups excluding carboxylic acids is 1. The van der Waals surface area contributed by atoms with Gasteiger partial charge in [0.25, 0.3) is 0 Å². The van der Waals surface area contributed by atoms with E-state index >= 15 is 0 Å². The first kappa shape index (κ1) is 14.5. The molecule has 0 radical (unpaired) electrons. The molecule has 0 spiro atoms. The molecule has 3 aliphatic rings. The van der Waals surface area contributed by atoms with Gasteiger partial charge in [0.15, 0.2) is 5.82 Å². The monoisotopic (exact) mass is 304 g/mol. The van der Waals surface area contributed by atoms with E-state index in [-0.39, 0.29) is 11.9 Å². The van der Waals surface area contributed by atoms with Crippen LogP contribution in [-0.4, -0.2) is 64.6 Å². The van der Waals surface area contributed by atoms with Gasteiger partial charge >= 0.3 is 6.18 Å². The summed E-state index contributed by atoms with van der Waals surface area (Å²) >= 11 is 0. The summed E-state index contributed by atoms with van der Waals surface area (Å²) in [5.74, 6) is -3.25. The highest BCUT2D eigenvalue weighted by Crippen LogP contribution is 2.30. The van der Waals surface area contributed by atoms with Crippen molar-refractivity contribution >= 4 is 5.78 Å². The zero-order valence-electron chi connectivity index (χ0n) is 11.4. The Hall–Kier alpha value is -1.48. The number of piperazine rings is 3. The van der Waals surface area contributed by atoms with E-state index in [1.54, 1.807) is 0 Å². The van der Waals surface area contributed by atoms with Gasteiger partial charge in [0.05, 0.1) is 6.04 Å². The van der Waals surface area contributed by atoms with E-state index in [4.69, 9.17) is 4.52 Å². The van der Waals surface area contributed by atoms with Crippen molar-refractivity contribution < 1.29 is 22.5 Å². The van der Waals surface area contributed by atoms with Crippen LogP contribution < -0.4 is 0 Å². The lowest BCUT2D eigenvalue weighted by Gasteiger charge is -2.46. The summed E-state index contributed by atoms with van der Waals surface area (Å²) in [5.41, 5.74) is 0. The van der Waals surface area contributed by atoms with Crippen LogP contribution in [0.2, 0.25) is 0 Å². The van der Waals surface area contributed by atoms with Crippen LogP contribution in [0.5, 0.6) is 0 Å². The molecular weight excluding hydrogens is 289 g/mol. The molecule has 0 saturated carbocycles. The Morgan fingerprint density at radius 1 is 1.33 bits per heavy atom. The molecule has 3 saturated heterocycles. The lowest BCUT2D eigenvalue weighted by molar-refractivity contribution is -0.172. The maximum absolute atomic E-state index is 12.4. The number of Topliss-reactive ketones (excluding diaryl/α,β-unsaturated/α-hetero) is 1. The normalized spacial score (nSPS) is 30.4. The number of hydrogen-bond acceptors (Lipinski definition) is 6. The number of rotatable bonds is 3. The van der Waals surface area contributed by atoms with E-state index in [0.29, 0.717) is 5.82 Å². The summed E-state index contributed by atoms with van der Waals surface area (Å²) in [7, 11) is 0. The summed E-state index contributed by atoms with van der Waals surface area (Å²) in [6.07, 6.45) is -4.90. The van der Waals surface area contributed by atoms with E-state index in [2.05, 4.69) is 19.9 Å². The fourth-order valence-corrected chi connectivity index (χ4v) is 2.78. The first-order valence-corrected chi connectivity index (χ1v) is 6.77. The summed E-state index contributed by atoms with van der Waals surface area (Å²) in [5, 5.41) is 3.77. The molecule has 4 heterocycles. The fraction of sp³-hybridized carbons (Fsp3) is 0.750. The second kappa shape index (κ2) is 5.06. The predicted molar refractivity (Wildman–Crippen MR) is 64.5 cm³/mol. The van der Waals surface area contributed by atoms with E-state index in [1.807, 2.05) is 0 Å². The van der Waals surface area contributed by atoms with Crippen LogP contribution in [0.25, 0.3) is 0 Å². The summed E-state index contributed by atoms with van der Waals surface area (Å²) < 4.78 is 42.1. The van der Waals surface area contributed by atoms with Crippen LogP contribution in [0.15, 0.2) is 4.52 Å². The van der Waals surface area contributed by atoms with E-state index in [9.17, 15) is 18.0 Å². The van der Waals surface area contributed by atoms with Crippen LogP contribution in [-0.2, 0) is 4.79 Å². The van der Waals surface area contributed by atoms with Crippen molar-refractivity contribution in [1.82, 2.24) is 19.9 Å². The molecule has 1 aromatic rings. The molecule has 1 aromatic heterocycles. The maximum atomic E-state index is 12.4. The number of fused-ring (bicyclic) bond motifs is 3. The highest BCUT2D eigenvalue weighted by molar-refractivity contribution is 5.89. The molecule has 0 N–H and O–H groups in total. The van der Waals surface area contributed by atoms with Crippen LogP contribution >= 0.6 is 0 Å². The smallest absolute Gasteiger partial charge is 0.339 e. The van der Waals surface area contributed by atoms with Crippen molar-refractivity contribution in [2.75, 3.05) is 32.7 Å². The number of nitrogens with zero attached hydrogens (tertiary/aromatic N) is 4. The standard InChI is InChI=1S/C12H15F3N4O2/c1-7(9(20)12(13,14)15)11-16-10(17-21-11)8-6-18-2-4-19(8)5-3-18/h7-8H,2-6H2,1H3. The van der Waals surface area contributed by atoms with Crippen molar-refractivity contribution in [1.29, 1.82) is 0 Å². The van der Waals surface area contributed by atoms with Gasteiger partial charge < -0.3 is 4.52 Å². The van der Waals surface area contributed by atoms with Crippen LogP contribution in [0.1, 0.15) is 30.6 Å². The predicted octanol–water partition coefficient (Wildman–Crippen LogP) is 0.977. The van der Waals surface area contributed by atoms with E-state index in [1.165, 1.54) is 0 Å². The van der Waals surface area contributed by atoms with E-state index in [0.717, 1.165) is 39.6 Å². The Morgan fingerprint density at radius 3 is 2.52 bits per heavy atom. The molecule has 3 aliphatic heterocycles. The van der Waals surface area contributed by atoms with Crippen molar-refractivity contribution in [2.24, 2.45) is 0 Å². The lowest BCUT2D eigenvalue weighted by atomic mass is 10.1. The fourth-order valence-electron chi connectivity index (χ4n) is 2.78. The molecule has 2 unspecified atom stereocenters. The average Bonchev–Trinajstić information content (AvgIpc) is 2.95. The molecule has 4 rings (SSSR count). The van der Waals surface area contributed by atoms with Gasteiger partial charge in [0.1, 0.15) is 5.92 Å². The quantitative estimate of drug-likeness (QED) is 0.829. The van der Waals surface area contributed by atoms with Gasteiger partial charge in [0.2, 0.25) is 11.7 Å². The van der Waals surface area contributed by atoms with Gasteiger partial charge in [-0.15, -0.1) is 0 Å². The zero-order valence-corrected chi connectivity index (χ0v) is 11.4. The highest BCUT2D eigenvalue weighted by Gasteiger charge is 2.44. The van der Waals surface area contributed by atoms with Crippen molar-refractivity contribution in [2.45, 2.75) is 25.1 Å². The summed E-state index contributed by atoms with van der Waals surface area (Å²) in [4.78, 5) is 19.7. The number of aromatic nitrogens is 2. The molecule has 6 nitrogen and oxygen atoms in total. The first-order valence-electron chi connectivity index (χ1n) is 6.77. The molecular formula is C12H15F3N4O2. The molecule has 116 valence electrons. The third-order valence-electron chi connectivity index (χ3n) is 4.08. The second-order valence-corrected chi connectivity index (χ2v) is 5.43. The molecule has 2 atom stereocenters. The summed E-state index contributed by atoms with van der Waals surface area (Å²) in [6, 6.07) is -0.0711. The van der Waals surface area contributed by atoms with Gasteiger partial charge in [0, 0.05) is 32.7 Å². The first-order chi connectivity index (χ1) is 9.86. The Kier molecular flexibility index (Phi) is 3.48. The minimum atomic E-state index is -4.90. The number of hydrogen-bond donors (Lipinski definition) is 0. The average molecular weight is 304 g/mol. The highest BCUT2D eigenvalue weighted by atomic mass is 19.4. The third kappa shape index (κ3) is 2.67. The van der Waals surface area contributed by atoms with Crippen LogP contribution in [0.4, 0.5) is 13.2 Å². The van der Waals surface area contributed by atoms with E-state index < -0.39 is 17.9 Å². The zero-order chi connectivity index (χ0) is 15.2. The van der Waals surface area contributed by atoms with Crippen molar-refractivity contribution in [3.63, 3.8) is 0 Å². The Labute approximate surface area is 118 Å². The number of halogens is 3. The molecule has 2 bridgehead atoms. The Morgan fingerprint density at radius 2 is 2.00 bits per heavy atom. The van der Waals surface area contributed by atoms with Gasteiger partial charge in [-0.05, 0) is 6.92 Å².